The van der Waals surface area contributed by atoms with Gasteiger partial charge in [-0.25, -0.2) is 4.39 Å². The van der Waals surface area contributed by atoms with E-state index in [1.165, 1.54) is 36.4 Å². The molecule has 34 heavy (non-hydrogen) atoms. The van der Waals surface area contributed by atoms with Crippen LogP contribution < -0.4 is 5.32 Å². The number of Topliss-reactive ketones (excluding diaryl/α,β-unsaturated/α-hetero) is 1. The van der Waals surface area contributed by atoms with Gasteiger partial charge in [0.2, 0.25) is 5.91 Å². The summed E-state index contributed by atoms with van der Waals surface area (Å²) in [5.41, 5.74) is 0.907. The number of rotatable bonds is 4. The van der Waals surface area contributed by atoms with Gasteiger partial charge in [-0.1, -0.05) is 24.3 Å². The molecule has 0 radical (unpaired) electrons. The highest BCUT2D eigenvalue weighted by Gasteiger charge is 2.51. The van der Waals surface area contributed by atoms with Crippen LogP contribution in [0.15, 0.2) is 42.5 Å². The Bertz CT molecular complexity index is 1090. The molecule has 2 N–H and O–H groups in total. The summed E-state index contributed by atoms with van der Waals surface area (Å²) in [5.74, 6) is -4.32. The number of hydrogen-bond acceptors (Lipinski definition) is 4. The van der Waals surface area contributed by atoms with Crippen LogP contribution in [-0.2, 0) is 4.79 Å². The average molecular weight is 478 g/mol. The highest BCUT2D eigenvalue weighted by molar-refractivity contribution is 5.99. The first-order valence-electron chi connectivity index (χ1n) is 11.3. The van der Waals surface area contributed by atoms with E-state index < -0.39 is 41.7 Å². The van der Waals surface area contributed by atoms with E-state index >= 15 is 0 Å². The molecule has 2 aromatic carbocycles. The van der Waals surface area contributed by atoms with Gasteiger partial charge < -0.3 is 15.3 Å². The van der Waals surface area contributed by atoms with Crippen molar-refractivity contribution in [3.05, 3.63) is 65.0 Å². The zero-order chi connectivity index (χ0) is 24.6. The molecule has 2 aromatic rings. The van der Waals surface area contributed by atoms with Crippen LogP contribution in [0.5, 0.6) is 5.75 Å². The van der Waals surface area contributed by atoms with Crippen molar-refractivity contribution in [1.29, 1.82) is 0 Å². The molecule has 9 heteroatoms. The number of phenolic OH excluding ortho intramolecular Hbond substituents is 1. The predicted octanol–water partition coefficient (Wildman–Crippen LogP) is 4.20. The fourth-order valence-electron chi connectivity index (χ4n) is 5.30. The van der Waals surface area contributed by atoms with E-state index in [1.807, 2.05) is 0 Å². The number of benzene rings is 2. The highest BCUT2D eigenvalue weighted by atomic mass is 19.4. The number of carbonyl (C=O) groups is 2. The van der Waals surface area contributed by atoms with Crippen molar-refractivity contribution >= 4 is 11.7 Å². The molecule has 2 aliphatic rings. The third-order valence-electron chi connectivity index (χ3n) is 6.96. The molecule has 2 heterocycles. The minimum Gasteiger partial charge on any atom is -0.508 e. The van der Waals surface area contributed by atoms with E-state index in [-0.39, 0.29) is 55.1 Å². The first-order valence-corrected chi connectivity index (χ1v) is 11.3. The van der Waals surface area contributed by atoms with Crippen LogP contribution in [0.2, 0.25) is 0 Å². The molecule has 5 nitrogen and oxygen atoms in total. The maximum absolute atomic E-state index is 14.5. The number of phenols is 1. The van der Waals surface area contributed by atoms with Gasteiger partial charge in [-0.2, -0.15) is 13.2 Å². The van der Waals surface area contributed by atoms with E-state index in [0.29, 0.717) is 5.56 Å². The van der Waals surface area contributed by atoms with Gasteiger partial charge in [0.05, 0.1) is 5.92 Å². The van der Waals surface area contributed by atoms with E-state index in [4.69, 9.17) is 0 Å². The Morgan fingerprint density at radius 1 is 1.09 bits per heavy atom. The lowest BCUT2D eigenvalue weighted by molar-refractivity contribution is -0.185. The second kappa shape index (κ2) is 9.37. The largest absolute Gasteiger partial charge is 0.508 e. The van der Waals surface area contributed by atoms with Gasteiger partial charge in [-0.15, -0.1) is 0 Å². The molecule has 1 amide bonds. The van der Waals surface area contributed by atoms with Gasteiger partial charge in [0.1, 0.15) is 17.6 Å². The maximum atomic E-state index is 14.5. The Hall–Kier alpha value is -2.94. The number of ketones is 1. The van der Waals surface area contributed by atoms with Crippen molar-refractivity contribution in [2.75, 3.05) is 19.6 Å². The fraction of sp³-hybridized carbons (Fsp3) is 0.440. The van der Waals surface area contributed by atoms with Crippen LogP contribution in [0.1, 0.15) is 40.2 Å². The molecule has 0 saturated carbocycles. The van der Waals surface area contributed by atoms with E-state index in [9.17, 15) is 32.3 Å². The Balaban J connectivity index is 1.77. The van der Waals surface area contributed by atoms with Crippen molar-refractivity contribution < 1.29 is 32.3 Å². The Labute approximate surface area is 194 Å². The summed E-state index contributed by atoms with van der Waals surface area (Å²) in [4.78, 5) is 27.9. The summed E-state index contributed by atoms with van der Waals surface area (Å²) >= 11 is 0. The van der Waals surface area contributed by atoms with Crippen LogP contribution in [0.25, 0.3) is 0 Å². The normalized spacial score (nSPS) is 25.4. The number of likely N-dealkylation sites (tertiary alicyclic amines) is 1. The first-order chi connectivity index (χ1) is 16.1. The number of carbonyl (C=O) groups excluding carboxylic acids is 2. The molecule has 2 saturated heterocycles. The quantitative estimate of drug-likeness (QED) is 0.511. The van der Waals surface area contributed by atoms with Crippen molar-refractivity contribution in [2.45, 2.75) is 37.9 Å². The lowest BCUT2D eigenvalue weighted by atomic mass is 9.70. The second-order valence-corrected chi connectivity index (χ2v) is 9.00. The lowest BCUT2D eigenvalue weighted by Crippen LogP contribution is -2.54. The van der Waals surface area contributed by atoms with E-state index in [2.05, 4.69) is 5.32 Å². The van der Waals surface area contributed by atoms with Crippen LogP contribution >= 0.6 is 0 Å². The van der Waals surface area contributed by atoms with E-state index in [0.717, 1.165) is 4.90 Å². The molecule has 0 aromatic heterocycles. The second-order valence-electron chi connectivity index (χ2n) is 9.00. The first kappa shape index (κ1) is 24.2. The van der Waals surface area contributed by atoms with E-state index in [1.54, 1.807) is 13.0 Å². The van der Waals surface area contributed by atoms with Crippen molar-refractivity contribution in [3.8, 4) is 5.75 Å². The molecule has 0 unspecified atom stereocenters. The highest BCUT2D eigenvalue weighted by Crippen LogP contribution is 2.42. The number of nitrogens with one attached hydrogen (secondary N) is 1. The Morgan fingerprint density at radius 3 is 2.50 bits per heavy atom. The van der Waals surface area contributed by atoms with Gasteiger partial charge in [0, 0.05) is 37.0 Å². The number of amides is 1. The maximum Gasteiger partial charge on any atom is 0.408 e. The van der Waals surface area contributed by atoms with Crippen molar-refractivity contribution in [1.82, 2.24) is 10.2 Å². The number of piperidine rings is 1. The molecule has 2 aliphatic heterocycles. The monoisotopic (exact) mass is 478 g/mol. The SMILES string of the molecule is Cc1c(F)cccc1[C@H]1[C@@H](C(=O)c2cccc(O)c2)CNC[C@@H]1C(=O)N1CCC[C@H]1C(F)(F)F. The average Bonchev–Trinajstić information content (AvgIpc) is 3.30. The minimum atomic E-state index is -4.55. The molecule has 2 fully saturated rings. The number of nitrogens with zero attached hydrogens (tertiary/aromatic N) is 1. The number of hydrogen-bond donors (Lipinski definition) is 2. The zero-order valence-electron chi connectivity index (χ0n) is 18.6. The molecular weight excluding hydrogens is 452 g/mol. The van der Waals surface area contributed by atoms with Crippen molar-refractivity contribution in [2.24, 2.45) is 11.8 Å². The summed E-state index contributed by atoms with van der Waals surface area (Å²) in [5, 5.41) is 12.9. The summed E-state index contributed by atoms with van der Waals surface area (Å²) in [6.45, 7) is 1.77. The Kier molecular flexibility index (Phi) is 6.66. The van der Waals surface area contributed by atoms with Crippen LogP contribution in [0.4, 0.5) is 17.6 Å². The number of alkyl halides is 3. The van der Waals surface area contributed by atoms with Gasteiger partial charge in [0.25, 0.3) is 0 Å². The van der Waals surface area contributed by atoms with Crippen LogP contribution in [-0.4, -0.2) is 53.5 Å². The molecule has 182 valence electrons. The summed E-state index contributed by atoms with van der Waals surface area (Å²) in [7, 11) is 0. The molecule has 4 rings (SSSR count). The minimum absolute atomic E-state index is 0.0144. The summed E-state index contributed by atoms with van der Waals surface area (Å²) in [6, 6.07) is 8.28. The van der Waals surface area contributed by atoms with Crippen LogP contribution in [0.3, 0.4) is 0 Å². The molecule has 0 spiro atoms. The zero-order valence-corrected chi connectivity index (χ0v) is 18.6. The number of halogens is 4. The van der Waals surface area contributed by atoms with Crippen LogP contribution in [0, 0.1) is 24.6 Å². The molecule has 0 bridgehead atoms. The topological polar surface area (TPSA) is 69.6 Å². The van der Waals surface area contributed by atoms with Gasteiger partial charge in [-0.05, 0) is 49.1 Å². The third kappa shape index (κ3) is 4.53. The standard InChI is InChI=1S/C25H26F4N2O3/c1-14-17(7-3-8-20(14)26)22-18(23(33)15-5-2-6-16(32)11-15)12-30-13-19(22)24(34)31-10-4-9-21(31)25(27,28)29/h2-3,5-8,11,18-19,21-22,30,32H,4,9-10,12-13H2,1H3/t18-,19-,21-,22-/m0/s1. The summed E-state index contributed by atoms with van der Waals surface area (Å²) < 4.78 is 55.3. The number of aromatic hydroxyl groups is 1. The molecule has 0 aliphatic carbocycles. The summed E-state index contributed by atoms with van der Waals surface area (Å²) in [6.07, 6.45) is -4.47. The van der Waals surface area contributed by atoms with Gasteiger partial charge >= 0.3 is 6.18 Å². The van der Waals surface area contributed by atoms with Gasteiger partial charge in [-0.3, -0.25) is 9.59 Å². The smallest absolute Gasteiger partial charge is 0.408 e. The fourth-order valence-corrected chi connectivity index (χ4v) is 5.30. The Morgan fingerprint density at radius 2 is 1.79 bits per heavy atom. The van der Waals surface area contributed by atoms with Crippen molar-refractivity contribution in [3.63, 3.8) is 0 Å². The lowest BCUT2D eigenvalue weighted by Gasteiger charge is -2.41. The van der Waals surface area contributed by atoms with Gasteiger partial charge in [0.15, 0.2) is 5.78 Å². The molecule has 4 atom stereocenters. The predicted molar refractivity (Wildman–Crippen MR) is 117 cm³/mol. The third-order valence-corrected chi connectivity index (χ3v) is 6.96. The molecular formula is C25H26F4N2O3.